The molecule has 7 heteroatoms. The van der Waals surface area contributed by atoms with Crippen LogP contribution < -0.4 is 0 Å². The van der Waals surface area contributed by atoms with Gasteiger partial charge in [0.25, 0.3) is 11.7 Å². The summed E-state index contributed by atoms with van der Waals surface area (Å²) >= 11 is 1.38. The molecule has 4 nitrogen and oxygen atoms in total. The molecule has 152 valence electrons. The average molecular weight is 425 g/mol. The molecule has 4 rings (SSSR count). The number of carbonyl (C=O) groups excluding carboxylic acids is 2. The number of ketones is 1. The number of rotatable bonds is 4. The van der Waals surface area contributed by atoms with Gasteiger partial charge in [-0.1, -0.05) is 12.1 Å². The van der Waals surface area contributed by atoms with Crippen molar-refractivity contribution in [3.05, 3.63) is 98.8 Å². The molecular formula is C23H17F2NO3S. The van der Waals surface area contributed by atoms with Gasteiger partial charge in [0.2, 0.25) is 0 Å². The lowest BCUT2D eigenvalue weighted by Gasteiger charge is -2.25. The van der Waals surface area contributed by atoms with Crippen molar-refractivity contribution in [2.24, 2.45) is 0 Å². The highest BCUT2D eigenvalue weighted by atomic mass is 32.1. The number of aliphatic hydroxyl groups is 1. The van der Waals surface area contributed by atoms with Gasteiger partial charge in [0.1, 0.15) is 23.4 Å². The van der Waals surface area contributed by atoms with Crippen LogP contribution in [0.2, 0.25) is 0 Å². The molecule has 1 aliphatic rings. The van der Waals surface area contributed by atoms with E-state index in [-0.39, 0.29) is 23.4 Å². The third kappa shape index (κ3) is 3.52. The van der Waals surface area contributed by atoms with Gasteiger partial charge in [-0.3, -0.25) is 9.59 Å². The first-order chi connectivity index (χ1) is 14.4. The number of Topliss-reactive ketones (excluding diaryl/α,β-unsaturated/α-hetero) is 1. The molecule has 1 unspecified atom stereocenters. The molecule has 0 bridgehead atoms. The Morgan fingerprint density at radius 3 is 2.17 bits per heavy atom. The molecule has 1 atom stereocenters. The van der Waals surface area contributed by atoms with Crippen LogP contribution >= 0.6 is 11.3 Å². The number of amides is 1. The SMILES string of the molecule is Cc1ccsc1C1/C(=C(/O)c2ccc(F)cc2)C(=O)C(=O)N1Cc1ccc(F)cc1. The summed E-state index contributed by atoms with van der Waals surface area (Å²) in [5, 5.41) is 12.7. The zero-order valence-corrected chi connectivity index (χ0v) is 16.7. The summed E-state index contributed by atoms with van der Waals surface area (Å²) in [5.41, 5.74) is 1.73. The standard InChI is InChI=1S/C23H17F2NO3S/c1-13-10-11-30-22(13)19-18(20(27)15-4-8-17(25)9-5-15)21(28)23(29)26(19)12-14-2-6-16(24)7-3-14/h2-11,19,27H,12H2,1H3/b20-18-. The van der Waals surface area contributed by atoms with Crippen molar-refractivity contribution in [1.29, 1.82) is 0 Å². The number of hydrogen-bond donors (Lipinski definition) is 1. The molecule has 1 aliphatic heterocycles. The molecule has 2 aromatic carbocycles. The van der Waals surface area contributed by atoms with E-state index in [1.54, 1.807) is 12.1 Å². The molecule has 1 amide bonds. The molecule has 1 fully saturated rings. The van der Waals surface area contributed by atoms with Gasteiger partial charge >= 0.3 is 0 Å². The normalized spacial score (nSPS) is 18.2. The second kappa shape index (κ2) is 7.84. The van der Waals surface area contributed by atoms with Crippen molar-refractivity contribution in [3.63, 3.8) is 0 Å². The lowest BCUT2D eigenvalue weighted by molar-refractivity contribution is -0.140. The van der Waals surface area contributed by atoms with Gasteiger partial charge in [0, 0.05) is 17.0 Å². The number of benzene rings is 2. The smallest absolute Gasteiger partial charge is 0.295 e. The number of hydrogen-bond acceptors (Lipinski definition) is 4. The Bertz CT molecular complexity index is 1150. The maximum Gasteiger partial charge on any atom is 0.295 e. The minimum atomic E-state index is -0.809. The second-order valence-corrected chi connectivity index (χ2v) is 7.98. The van der Waals surface area contributed by atoms with Crippen LogP contribution in [-0.2, 0) is 16.1 Å². The van der Waals surface area contributed by atoms with Gasteiger partial charge in [0.05, 0.1) is 5.57 Å². The van der Waals surface area contributed by atoms with Crippen molar-refractivity contribution in [1.82, 2.24) is 4.90 Å². The van der Waals surface area contributed by atoms with Crippen LogP contribution in [0, 0.1) is 18.6 Å². The van der Waals surface area contributed by atoms with Gasteiger partial charge < -0.3 is 10.0 Å². The molecule has 0 radical (unpaired) electrons. The predicted molar refractivity (Wildman–Crippen MR) is 110 cm³/mol. The highest BCUT2D eigenvalue weighted by Crippen LogP contribution is 2.43. The fourth-order valence-electron chi connectivity index (χ4n) is 3.53. The Morgan fingerprint density at radius 1 is 1.00 bits per heavy atom. The van der Waals surface area contributed by atoms with E-state index in [9.17, 15) is 23.5 Å². The van der Waals surface area contributed by atoms with Crippen LogP contribution in [-0.4, -0.2) is 21.7 Å². The van der Waals surface area contributed by atoms with Gasteiger partial charge in [-0.2, -0.15) is 0 Å². The Morgan fingerprint density at radius 2 is 1.60 bits per heavy atom. The van der Waals surface area contributed by atoms with E-state index in [1.807, 2.05) is 18.4 Å². The van der Waals surface area contributed by atoms with E-state index in [2.05, 4.69) is 0 Å². The third-order valence-electron chi connectivity index (χ3n) is 5.07. The summed E-state index contributed by atoms with van der Waals surface area (Å²) < 4.78 is 26.6. The van der Waals surface area contributed by atoms with E-state index in [0.29, 0.717) is 5.56 Å². The number of aliphatic hydroxyl groups excluding tert-OH is 1. The van der Waals surface area contributed by atoms with Crippen LogP contribution in [0.1, 0.15) is 27.6 Å². The van der Waals surface area contributed by atoms with Crippen LogP contribution in [0.15, 0.2) is 65.6 Å². The van der Waals surface area contributed by atoms with Gasteiger partial charge in [-0.25, -0.2) is 8.78 Å². The first kappa shape index (κ1) is 20.0. The highest BCUT2D eigenvalue weighted by Gasteiger charge is 2.47. The van der Waals surface area contributed by atoms with E-state index in [0.717, 1.165) is 10.4 Å². The fraction of sp³-hybridized carbons (Fsp3) is 0.130. The monoisotopic (exact) mass is 425 g/mol. The summed E-state index contributed by atoms with van der Waals surface area (Å²) in [7, 11) is 0. The summed E-state index contributed by atoms with van der Waals surface area (Å²) in [6.07, 6.45) is 0. The van der Waals surface area contributed by atoms with Gasteiger partial charge in [-0.05, 0) is 65.9 Å². The number of carbonyl (C=O) groups is 2. The Labute approximate surface area is 175 Å². The second-order valence-electron chi connectivity index (χ2n) is 7.03. The number of nitrogens with zero attached hydrogens (tertiary/aromatic N) is 1. The number of thiophene rings is 1. The van der Waals surface area contributed by atoms with Crippen LogP contribution in [0.5, 0.6) is 0 Å². The molecule has 0 spiro atoms. The molecule has 3 aromatic rings. The number of aryl methyl sites for hydroxylation is 1. The van der Waals surface area contributed by atoms with Crippen LogP contribution in [0.3, 0.4) is 0 Å². The van der Waals surface area contributed by atoms with Crippen molar-refractivity contribution in [2.45, 2.75) is 19.5 Å². The molecule has 30 heavy (non-hydrogen) atoms. The largest absolute Gasteiger partial charge is 0.507 e. The van der Waals surface area contributed by atoms with Gasteiger partial charge in [-0.15, -0.1) is 11.3 Å². The molecule has 2 heterocycles. The first-order valence-corrected chi connectivity index (χ1v) is 10.1. The van der Waals surface area contributed by atoms with E-state index in [1.165, 1.54) is 52.6 Å². The lowest BCUT2D eigenvalue weighted by Crippen LogP contribution is -2.29. The Balaban J connectivity index is 1.84. The summed E-state index contributed by atoms with van der Waals surface area (Å²) in [5.74, 6) is -2.79. The van der Waals surface area contributed by atoms with Crippen LogP contribution in [0.4, 0.5) is 8.78 Å². The molecular weight excluding hydrogens is 408 g/mol. The van der Waals surface area contributed by atoms with Crippen molar-refractivity contribution in [3.8, 4) is 0 Å². The maximum absolute atomic E-state index is 13.3. The Kier molecular flexibility index (Phi) is 5.22. The number of halogens is 2. The molecule has 1 saturated heterocycles. The quantitative estimate of drug-likeness (QED) is 0.365. The molecule has 1 N–H and O–H groups in total. The minimum absolute atomic E-state index is 0.0423. The summed E-state index contributed by atoms with van der Waals surface area (Å²) in [6.45, 7) is 1.94. The lowest BCUT2D eigenvalue weighted by atomic mass is 9.98. The predicted octanol–water partition coefficient (Wildman–Crippen LogP) is 4.96. The maximum atomic E-state index is 13.3. The van der Waals surface area contributed by atoms with Gasteiger partial charge in [0.15, 0.2) is 0 Å². The van der Waals surface area contributed by atoms with Crippen molar-refractivity contribution in [2.75, 3.05) is 0 Å². The molecule has 0 saturated carbocycles. The van der Waals surface area contributed by atoms with Crippen LogP contribution in [0.25, 0.3) is 5.76 Å². The zero-order chi connectivity index (χ0) is 21.4. The fourth-order valence-corrected chi connectivity index (χ4v) is 4.58. The molecule has 1 aromatic heterocycles. The van der Waals surface area contributed by atoms with Crippen molar-refractivity contribution < 1.29 is 23.5 Å². The Hall–Kier alpha value is -3.32. The minimum Gasteiger partial charge on any atom is -0.507 e. The van der Waals surface area contributed by atoms with Crippen molar-refractivity contribution >= 4 is 28.8 Å². The topological polar surface area (TPSA) is 57.6 Å². The number of likely N-dealkylation sites (tertiary alicyclic amines) is 1. The van der Waals surface area contributed by atoms with E-state index in [4.69, 9.17) is 0 Å². The highest BCUT2D eigenvalue weighted by molar-refractivity contribution is 7.10. The summed E-state index contributed by atoms with van der Waals surface area (Å²) in [6, 6.07) is 11.8. The zero-order valence-electron chi connectivity index (χ0n) is 15.9. The first-order valence-electron chi connectivity index (χ1n) is 9.19. The van der Waals surface area contributed by atoms with E-state index >= 15 is 0 Å². The molecule has 0 aliphatic carbocycles. The van der Waals surface area contributed by atoms with E-state index < -0.39 is 29.4 Å². The summed E-state index contributed by atoms with van der Waals surface area (Å²) in [4.78, 5) is 27.9. The average Bonchev–Trinajstić information content (AvgIpc) is 3.25. The third-order valence-corrected chi connectivity index (χ3v) is 6.15.